The number of halogens is 1. The molecule has 0 unspecified atom stereocenters. The van der Waals surface area contributed by atoms with Crippen LogP contribution in [0.25, 0.3) is 0 Å². The summed E-state index contributed by atoms with van der Waals surface area (Å²) < 4.78 is 6.82. The van der Waals surface area contributed by atoms with Crippen LogP contribution in [0.15, 0.2) is 46.9 Å². The lowest BCUT2D eigenvalue weighted by Crippen LogP contribution is -2.12. The highest BCUT2D eigenvalue weighted by molar-refractivity contribution is 9.10. The van der Waals surface area contributed by atoms with E-state index >= 15 is 0 Å². The van der Waals surface area contributed by atoms with Gasteiger partial charge in [0.15, 0.2) is 0 Å². The largest absolute Gasteiger partial charge is 0.456 e. The zero-order valence-electron chi connectivity index (χ0n) is 11.0. The smallest absolute Gasteiger partial charge is 0.252 e. The summed E-state index contributed by atoms with van der Waals surface area (Å²) in [6.45, 7) is 0.660. The topological polar surface area (TPSA) is 64.3 Å². The second-order valence-electron chi connectivity index (χ2n) is 4.24. The molecule has 0 saturated carbocycles. The molecule has 0 fully saturated rings. The summed E-state index contributed by atoms with van der Waals surface area (Å²) in [6, 6.07) is 12.6. The molecule has 0 aliphatic carbocycles. The van der Waals surface area contributed by atoms with Gasteiger partial charge >= 0.3 is 0 Å². The summed E-state index contributed by atoms with van der Waals surface area (Å²) in [4.78, 5) is 11.4. The van der Waals surface area contributed by atoms with Crippen LogP contribution in [0.4, 0.5) is 0 Å². The second kappa shape index (κ2) is 6.54. The molecule has 0 bridgehead atoms. The number of amides is 1. The van der Waals surface area contributed by atoms with Crippen molar-refractivity contribution in [1.82, 2.24) is 5.32 Å². The Morgan fingerprint density at radius 3 is 2.70 bits per heavy atom. The van der Waals surface area contributed by atoms with Gasteiger partial charge in [-0.1, -0.05) is 28.1 Å². The van der Waals surface area contributed by atoms with Crippen LogP contribution >= 0.6 is 15.9 Å². The molecular weight excluding hydrogens is 320 g/mol. The molecule has 4 nitrogen and oxygen atoms in total. The van der Waals surface area contributed by atoms with E-state index < -0.39 is 5.91 Å². The maximum Gasteiger partial charge on any atom is 0.252 e. The van der Waals surface area contributed by atoms with Crippen molar-refractivity contribution in [1.29, 1.82) is 0 Å². The third-order valence-electron chi connectivity index (χ3n) is 2.76. The summed E-state index contributed by atoms with van der Waals surface area (Å²) >= 11 is 3.43. The van der Waals surface area contributed by atoms with E-state index in [1.165, 1.54) is 0 Å². The minimum Gasteiger partial charge on any atom is -0.456 e. The summed E-state index contributed by atoms with van der Waals surface area (Å²) in [7, 11) is 1.86. The number of hydrogen-bond acceptors (Lipinski definition) is 3. The highest BCUT2D eigenvalue weighted by atomic mass is 79.9. The summed E-state index contributed by atoms with van der Waals surface area (Å²) in [5.74, 6) is 0.642. The number of ether oxygens (including phenoxy) is 1. The number of nitrogens with one attached hydrogen (secondary N) is 1. The van der Waals surface area contributed by atoms with Gasteiger partial charge in [0, 0.05) is 16.6 Å². The van der Waals surface area contributed by atoms with Crippen molar-refractivity contribution >= 4 is 21.8 Å². The molecule has 2 aromatic rings. The van der Waals surface area contributed by atoms with Crippen molar-refractivity contribution in [3.8, 4) is 11.5 Å². The number of primary amides is 1. The average Bonchev–Trinajstić information content (AvgIpc) is 2.42. The minimum absolute atomic E-state index is 0.367. The second-order valence-corrected chi connectivity index (χ2v) is 5.16. The molecule has 0 aliphatic rings. The fourth-order valence-corrected chi connectivity index (χ4v) is 2.26. The van der Waals surface area contributed by atoms with E-state index in [9.17, 15) is 4.79 Å². The Labute approximate surface area is 126 Å². The van der Waals surface area contributed by atoms with Crippen molar-refractivity contribution in [3.05, 3.63) is 58.1 Å². The van der Waals surface area contributed by atoms with E-state index in [1.807, 2.05) is 25.2 Å². The third-order valence-corrected chi connectivity index (χ3v) is 3.26. The molecule has 5 heteroatoms. The zero-order chi connectivity index (χ0) is 14.5. The minimum atomic E-state index is -0.507. The van der Waals surface area contributed by atoms with Gasteiger partial charge in [-0.05, 0) is 37.4 Å². The monoisotopic (exact) mass is 334 g/mol. The molecule has 0 aromatic heterocycles. The molecule has 3 N–H and O–H groups in total. The van der Waals surface area contributed by atoms with Crippen molar-refractivity contribution in [2.24, 2.45) is 5.73 Å². The normalized spacial score (nSPS) is 10.3. The molecule has 0 atom stereocenters. The van der Waals surface area contributed by atoms with Crippen LogP contribution in [0, 0.1) is 0 Å². The Morgan fingerprint density at radius 1 is 1.25 bits per heavy atom. The summed E-state index contributed by atoms with van der Waals surface area (Å²) in [5, 5.41) is 3.08. The van der Waals surface area contributed by atoms with Crippen molar-refractivity contribution in [3.63, 3.8) is 0 Å². The quantitative estimate of drug-likeness (QED) is 0.883. The van der Waals surface area contributed by atoms with Crippen molar-refractivity contribution in [2.45, 2.75) is 6.54 Å². The van der Waals surface area contributed by atoms with Gasteiger partial charge in [0.2, 0.25) is 0 Å². The standard InChI is InChI=1S/C15H15BrN2O2/c1-18-9-10-8-11(16)6-7-13(10)20-14-5-3-2-4-12(14)15(17)19/h2-8,18H,9H2,1H3,(H2,17,19). The SMILES string of the molecule is CNCc1cc(Br)ccc1Oc1ccccc1C(N)=O. The van der Waals surface area contributed by atoms with E-state index in [-0.39, 0.29) is 0 Å². The third kappa shape index (κ3) is 3.37. The molecular formula is C15H15BrN2O2. The molecule has 0 spiro atoms. The van der Waals surface area contributed by atoms with Gasteiger partial charge in [-0.25, -0.2) is 0 Å². The van der Waals surface area contributed by atoms with Gasteiger partial charge in [0.1, 0.15) is 11.5 Å². The molecule has 0 saturated heterocycles. The predicted molar refractivity (Wildman–Crippen MR) is 81.9 cm³/mol. The predicted octanol–water partition coefficient (Wildman–Crippen LogP) is 3.06. The lowest BCUT2D eigenvalue weighted by Gasteiger charge is -2.13. The lowest BCUT2D eigenvalue weighted by molar-refractivity contribution is 0.0998. The van der Waals surface area contributed by atoms with E-state index in [4.69, 9.17) is 10.5 Å². The molecule has 2 rings (SSSR count). The van der Waals surface area contributed by atoms with Gasteiger partial charge in [-0.15, -0.1) is 0 Å². The first kappa shape index (κ1) is 14.6. The first-order valence-electron chi connectivity index (χ1n) is 6.11. The maximum atomic E-state index is 11.4. The first-order chi connectivity index (χ1) is 9.61. The number of para-hydroxylation sites is 1. The Hall–Kier alpha value is -1.85. The highest BCUT2D eigenvalue weighted by Crippen LogP contribution is 2.30. The first-order valence-corrected chi connectivity index (χ1v) is 6.91. The van der Waals surface area contributed by atoms with Crippen LogP contribution < -0.4 is 15.8 Å². The van der Waals surface area contributed by atoms with Crippen LogP contribution in [0.3, 0.4) is 0 Å². The van der Waals surface area contributed by atoms with E-state index in [1.54, 1.807) is 24.3 Å². The molecule has 104 valence electrons. The van der Waals surface area contributed by atoms with Crippen LogP contribution in [0.5, 0.6) is 11.5 Å². The molecule has 1 amide bonds. The van der Waals surface area contributed by atoms with E-state index in [0.717, 1.165) is 10.0 Å². The van der Waals surface area contributed by atoms with E-state index in [2.05, 4.69) is 21.2 Å². The molecule has 0 heterocycles. The van der Waals surface area contributed by atoms with Crippen molar-refractivity contribution in [2.75, 3.05) is 7.05 Å². The Bertz CT molecular complexity index is 629. The number of carbonyl (C=O) groups is 1. The number of benzene rings is 2. The summed E-state index contributed by atoms with van der Waals surface area (Å²) in [5.41, 5.74) is 6.70. The van der Waals surface area contributed by atoms with Crippen molar-refractivity contribution < 1.29 is 9.53 Å². The van der Waals surface area contributed by atoms with Gasteiger partial charge in [-0.3, -0.25) is 4.79 Å². The van der Waals surface area contributed by atoms with E-state index in [0.29, 0.717) is 23.6 Å². The van der Waals surface area contributed by atoms with Crippen LogP contribution in [0.2, 0.25) is 0 Å². The Kier molecular flexibility index (Phi) is 4.76. The fraction of sp³-hybridized carbons (Fsp3) is 0.133. The number of nitrogens with two attached hydrogens (primary N) is 1. The number of rotatable bonds is 5. The fourth-order valence-electron chi connectivity index (χ4n) is 1.85. The van der Waals surface area contributed by atoms with Crippen LogP contribution in [0.1, 0.15) is 15.9 Å². The van der Waals surface area contributed by atoms with Crippen LogP contribution in [-0.4, -0.2) is 13.0 Å². The zero-order valence-corrected chi connectivity index (χ0v) is 12.6. The van der Waals surface area contributed by atoms with Gasteiger partial charge < -0.3 is 15.8 Å². The number of carbonyl (C=O) groups excluding carboxylic acids is 1. The molecule has 0 aliphatic heterocycles. The number of hydrogen-bond donors (Lipinski definition) is 2. The Balaban J connectivity index is 2.37. The van der Waals surface area contributed by atoms with Gasteiger partial charge in [0.25, 0.3) is 5.91 Å². The van der Waals surface area contributed by atoms with Gasteiger partial charge in [-0.2, -0.15) is 0 Å². The molecule has 0 radical (unpaired) electrons. The summed E-state index contributed by atoms with van der Waals surface area (Å²) in [6.07, 6.45) is 0. The molecule has 20 heavy (non-hydrogen) atoms. The van der Waals surface area contributed by atoms with Gasteiger partial charge in [0.05, 0.1) is 5.56 Å². The Morgan fingerprint density at radius 2 is 2.00 bits per heavy atom. The molecule has 2 aromatic carbocycles. The average molecular weight is 335 g/mol. The lowest BCUT2D eigenvalue weighted by atomic mass is 10.1. The van der Waals surface area contributed by atoms with Crippen LogP contribution in [-0.2, 0) is 6.54 Å². The maximum absolute atomic E-state index is 11.4. The highest BCUT2D eigenvalue weighted by Gasteiger charge is 2.11.